The molecule has 0 saturated carbocycles. The zero-order valence-electron chi connectivity index (χ0n) is 19.8. The minimum absolute atomic E-state index is 0.433. The third kappa shape index (κ3) is 7.89. The third-order valence-electron chi connectivity index (χ3n) is 4.61. The summed E-state index contributed by atoms with van der Waals surface area (Å²) in [5, 5.41) is 14.9. The molecule has 1 aromatic rings. The van der Waals surface area contributed by atoms with Crippen LogP contribution in [0.5, 0.6) is 0 Å². The van der Waals surface area contributed by atoms with Crippen LogP contribution in [0.15, 0.2) is 18.2 Å². The van der Waals surface area contributed by atoms with E-state index in [1.165, 1.54) is 0 Å². The lowest BCUT2D eigenvalue weighted by atomic mass is 9.96. The molecule has 1 rings (SSSR count). The average Bonchev–Trinajstić information content (AvgIpc) is 2.70. The van der Waals surface area contributed by atoms with E-state index in [9.17, 15) is 19.5 Å². The van der Waals surface area contributed by atoms with E-state index >= 15 is 0 Å². The van der Waals surface area contributed by atoms with Crippen LogP contribution in [0.1, 0.15) is 63.3 Å². The highest BCUT2D eigenvalue weighted by atomic mass is 16.6. The van der Waals surface area contributed by atoms with Gasteiger partial charge in [-0.15, -0.1) is 0 Å². The van der Waals surface area contributed by atoms with Crippen molar-refractivity contribution in [3.8, 4) is 12.5 Å². The number of terminal acetylenes is 1. The molecule has 0 saturated heterocycles. The maximum Gasteiger partial charge on any atom is 0.408 e. The summed E-state index contributed by atoms with van der Waals surface area (Å²) in [4.78, 5) is 39.4. The fourth-order valence-electron chi connectivity index (χ4n) is 3.01. The monoisotopic (exact) mass is 445 g/mol. The summed E-state index contributed by atoms with van der Waals surface area (Å²) in [5.41, 5.74) is 1.45. The maximum atomic E-state index is 13.2. The zero-order valence-corrected chi connectivity index (χ0v) is 19.8. The van der Waals surface area contributed by atoms with Crippen molar-refractivity contribution >= 4 is 17.9 Å². The molecule has 0 bridgehead atoms. The van der Waals surface area contributed by atoms with Crippen LogP contribution in [-0.4, -0.2) is 52.7 Å². The van der Waals surface area contributed by atoms with E-state index in [0.717, 1.165) is 28.9 Å². The number of unbranched alkanes of at least 4 members (excludes halogenated alkanes) is 1. The summed E-state index contributed by atoms with van der Waals surface area (Å²) in [6.07, 6.45) is 6.45. The van der Waals surface area contributed by atoms with Gasteiger partial charge in [-0.1, -0.05) is 43.5 Å². The predicted molar refractivity (Wildman–Crippen MR) is 122 cm³/mol. The summed E-state index contributed by atoms with van der Waals surface area (Å²) >= 11 is 0. The SMILES string of the molecule is C#CN(C(=O)C(CO)NC(=O)OC(C)(C)C)C(C(=O)NCCCC)c1cc(C)ccc1C. The second-order valence-corrected chi connectivity index (χ2v) is 8.63. The first kappa shape index (κ1) is 27.0. The van der Waals surface area contributed by atoms with Gasteiger partial charge in [-0.3, -0.25) is 14.5 Å². The fourth-order valence-corrected chi connectivity index (χ4v) is 3.01. The minimum atomic E-state index is -1.38. The number of aryl methyl sites for hydroxylation is 2. The van der Waals surface area contributed by atoms with Crippen molar-refractivity contribution in [2.45, 2.75) is 72.1 Å². The molecule has 2 atom stereocenters. The van der Waals surface area contributed by atoms with Gasteiger partial charge >= 0.3 is 6.09 Å². The molecule has 0 spiro atoms. The van der Waals surface area contributed by atoms with Crippen molar-refractivity contribution in [1.82, 2.24) is 15.5 Å². The molecule has 3 amide bonds. The lowest BCUT2D eigenvalue weighted by Crippen LogP contribution is -2.53. The Kier molecular flexibility index (Phi) is 10.2. The van der Waals surface area contributed by atoms with Gasteiger partial charge < -0.3 is 20.5 Å². The molecule has 0 aliphatic heterocycles. The highest BCUT2D eigenvalue weighted by Crippen LogP contribution is 2.26. The highest BCUT2D eigenvalue weighted by molar-refractivity contribution is 5.93. The zero-order chi connectivity index (χ0) is 24.5. The summed E-state index contributed by atoms with van der Waals surface area (Å²) in [6.45, 7) is 10.4. The Bertz CT molecular complexity index is 854. The Morgan fingerprint density at radius 2 is 1.91 bits per heavy atom. The van der Waals surface area contributed by atoms with Gasteiger partial charge in [0.15, 0.2) is 0 Å². The van der Waals surface area contributed by atoms with Crippen LogP contribution in [-0.2, 0) is 14.3 Å². The number of ether oxygens (including phenoxy) is 1. The Balaban J connectivity index is 3.30. The Morgan fingerprint density at radius 3 is 2.44 bits per heavy atom. The van der Waals surface area contributed by atoms with Gasteiger partial charge in [-0.2, -0.15) is 0 Å². The molecule has 0 heterocycles. The first-order valence-electron chi connectivity index (χ1n) is 10.7. The first-order valence-corrected chi connectivity index (χ1v) is 10.7. The van der Waals surface area contributed by atoms with Crippen molar-refractivity contribution in [3.05, 3.63) is 34.9 Å². The molecule has 176 valence electrons. The number of rotatable bonds is 9. The molecule has 0 aromatic heterocycles. The molecule has 1 aromatic carbocycles. The van der Waals surface area contributed by atoms with Crippen LogP contribution < -0.4 is 10.6 Å². The van der Waals surface area contributed by atoms with E-state index in [0.29, 0.717) is 12.1 Å². The van der Waals surface area contributed by atoms with Crippen LogP contribution >= 0.6 is 0 Å². The van der Waals surface area contributed by atoms with E-state index in [-0.39, 0.29) is 0 Å². The fraction of sp³-hybridized carbons (Fsp3) is 0.542. The van der Waals surface area contributed by atoms with E-state index in [4.69, 9.17) is 11.2 Å². The number of amides is 3. The summed E-state index contributed by atoms with van der Waals surface area (Å²) < 4.78 is 5.16. The van der Waals surface area contributed by atoms with Crippen molar-refractivity contribution in [1.29, 1.82) is 0 Å². The van der Waals surface area contributed by atoms with Gasteiger partial charge in [0.1, 0.15) is 17.7 Å². The van der Waals surface area contributed by atoms with E-state index < -0.39 is 42.2 Å². The van der Waals surface area contributed by atoms with Gasteiger partial charge in [-0.25, -0.2) is 4.79 Å². The standard InChI is InChI=1S/C24H35N3O5/c1-8-10-13-25-21(29)20(18-14-16(3)11-12-17(18)4)27(9-2)22(30)19(15-28)26-23(31)32-24(5,6)7/h2,11-12,14,19-20,28H,8,10,13,15H2,1,3-7H3,(H,25,29)(H,26,31). The number of carbonyl (C=O) groups excluding carboxylic acids is 3. The molecular weight excluding hydrogens is 410 g/mol. The Labute approximate surface area is 190 Å². The number of hydrogen-bond donors (Lipinski definition) is 3. The maximum absolute atomic E-state index is 13.2. The molecule has 8 heteroatoms. The smallest absolute Gasteiger partial charge is 0.408 e. The van der Waals surface area contributed by atoms with Gasteiger partial charge in [0, 0.05) is 12.6 Å². The second kappa shape index (κ2) is 12.1. The van der Waals surface area contributed by atoms with Crippen molar-refractivity contribution in [2.75, 3.05) is 13.2 Å². The lowest BCUT2D eigenvalue weighted by molar-refractivity contribution is -0.139. The number of nitrogens with zero attached hydrogens (tertiary/aromatic N) is 1. The largest absolute Gasteiger partial charge is 0.444 e. The van der Waals surface area contributed by atoms with Crippen LogP contribution in [0.25, 0.3) is 0 Å². The van der Waals surface area contributed by atoms with Gasteiger partial charge in [-0.05, 0) is 52.2 Å². The molecular formula is C24H35N3O5. The van der Waals surface area contributed by atoms with Crippen LogP contribution in [0.4, 0.5) is 4.79 Å². The van der Waals surface area contributed by atoms with Crippen molar-refractivity contribution < 1.29 is 24.2 Å². The Hall–Kier alpha value is -3.05. The van der Waals surface area contributed by atoms with E-state index in [2.05, 4.69) is 16.7 Å². The molecule has 0 radical (unpaired) electrons. The quantitative estimate of drug-likeness (QED) is 0.308. The highest BCUT2D eigenvalue weighted by Gasteiger charge is 2.36. The van der Waals surface area contributed by atoms with Crippen LogP contribution in [0.3, 0.4) is 0 Å². The third-order valence-corrected chi connectivity index (χ3v) is 4.61. The van der Waals surface area contributed by atoms with Gasteiger partial charge in [0.25, 0.3) is 5.91 Å². The second-order valence-electron chi connectivity index (χ2n) is 8.63. The van der Waals surface area contributed by atoms with E-state index in [1.54, 1.807) is 26.8 Å². The molecule has 8 nitrogen and oxygen atoms in total. The molecule has 2 unspecified atom stereocenters. The number of carbonyl (C=O) groups is 3. The summed E-state index contributed by atoms with van der Waals surface area (Å²) in [5.74, 6) is -1.23. The number of alkyl carbamates (subject to hydrolysis) is 1. The summed E-state index contributed by atoms with van der Waals surface area (Å²) in [6, 6.07) is 5.31. The number of nitrogens with one attached hydrogen (secondary N) is 2. The molecule has 0 aliphatic rings. The Morgan fingerprint density at radius 1 is 1.25 bits per heavy atom. The number of aliphatic hydroxyl groups is 1. The molecule has 32 heavy (non-hydrogen) atoms. The van der Waals surface area contributed by atoms with Crippen molar-refractivity contribution in [2.24, 2.45) is 0 Å². The minimum Gasteiger partial charge on any atom is -0.444 e. The average molecular weight is 446 g/mol. The van der Waals surface area contributed by atoms with Crippen molar-refractivity contribution in [3.63, 3.8) is 0 Å². The topological polar surface area (TPSA) is 108 Å². The van der Waals surface area contributed by atoms with Crippen LogP contribution in [0, 0.1) is 26.3 Å². The first-order chi connectivity index (χ1) is 14.9. The van der Waals surface area contributed by atoms with Crippen LogP contribution in [0.2, 0.25) is 0 Å². The van der Waals surface area contributed by atoms with E-state index in [1.807, 2.05) is 32.9 Å². The number of benzene rings is 1. The predicted octanol–water partition coefficient (Wildman–Crippen LogP) is 2.57. The normalized spacial score (nSPS) is 12.8. The summed E-state index contributed by atoms with van der Waals surface area (Å²) in [7, 11) is 0. The molecule has 0 aliphatic carbocycles. The molecule has 3 N–H and O–H groups in total. The number of hydrogen-bond acceptors (Lipinski definition) is 5. The van der Waals surface area contributed by atoms with Gasteiger partial charge in [0.2, 0.25) is 5.91 Å². The number of aliphatic hydroxyl groups excluding tert-OH is 1. The molecule has 0 fully saturated rings. The lowest BCUT2D eigenvalue weighted by Gasteiger charge is -2.30. The van der Waals surface area contributed by atoms with Gasteiger partial charge in [0.05, 0.1) is 6.61 Å².